The zero-order valence-electron chi connectivity index (χ0n) is 24.2. The Hall–Kier alpha value is -3.50. The molecule has 0 saturated heterocycles. The molecule has 3 heterocycles. The van der Waals surface area contributed by atoms with E-state index >= 15 is 0 Å². The van der Waals surface area contributed by atoms with Crippen LogP contribution in [0.4, 0.5) is 0 Å². The molecule has 0 saturated carbocycles. The number of hydrogen-bond acceptors (Lipinski definition) is 4. The van der Waals surface area contributed by atoms with E-state index in [1.807, 2.05) is 0 Å². The molecule has 0 N–H and O–H groups in total. The second-order valence-electron chi connectivity index (χ2n) is 13.1. The number of aromatic nitrogens is 2. The Bertz CT molecular complexity index is 1860. The molecule has 3 aromatic heterocycles. The predicted octanol–water partition coefficient (Wildman–Crippen LogP) is 10.4. The summed E-state index contributed by atoms with van der Waals surface area (Å²) < 4.78 is 7.77. The topological polar surface area (TPSA) is 38.9 Å². The second kappa shape index (κ2) is 9.02. The molecule has 198 valence electrons. The number of thiazole rings is 1. The molecule has 0 aliphatic heterocycles. The molecule has 0 fully saturated rings. The maximum absolute atomic E-state index is 6.57. The molecule has 0 aliphatic carbocycles. The Morgan fingerprint density at radius 3 is 2.26 bits per heavy atom. The van der Waals surface area contributed by atoms with Gasteiger partial charge in [0.05, 0.1) is 20.9 Å². The number of benzene rings is 3. The summed E-state index contributed by atoms with van der Waals surface area (Å²) in [4.78, 5) is 10.0. The lowest BCUT2D eigenvalue weighted by Gasteiger charge is -2.22. The molecule has 6 aromatic rings. The van der Waals surface area contributed by atoms with Gasteiger partial charge < -0.3 is 4.42 Å². The third-order valence-corrected chi connectivity index (χ3v) is 8.91. The fourth-order valence-corrected chi connectivity index (χ4v) is 6.79. The maximum Gasteiger partial charge on any atom is 0.144 e. The maximum atomic E-state index is 6.57. The lowest BCUT2D eigenvalue weighted by molar-refractivity contribution is 0.411. The summed E-state index contributed by atoms with van der Waals surface area (Å²) in [7, 11) is 0. The Morgan fingerprint density at radius 1 is 0.846 bits per heavy atom. The van der Waals surface area contributed by atoms with E-state index in [1.165, 1.54) is 32.5 Å². The molecule has 3 aromatic carbocycles. The molecule has 4 heteroatoms. The molecule has 0 bridgehead atoms. The van der Waals surface area contributed by atoms with Crippen LogP contribution < -0.4 is 0 Å². The van der Waals surface area contributed by atoms with E-state index in [-0.39, 0.29) is 10.8 Å². The molecule has 6 rings (SSSR count). The zero-order valence-corrected chi connectivity index (χ0v) is 25.0. The summed E-state index contributed by atoms with van der Waals surface area (Å²) in [5.74, 6) is 0. The van der Waals surface area contributed by atoms with Gasteiger partial charge in [-0.15, -0.1) is 11.3 Å². The van der Waals surface area contributed by atoms with E-state index in [0.717, 1.165) is 50.1 Å². The molecule has 0 radical (unpaired) electrons. The number of nitrogens with zero attached hydrogens (tertiary/aromatic N) is 2. The number of para-hydroxylation sites is 1. The van der Waals surface area contributed by atoms with Crippen molar-refractivity contribution < 1.29 is 4.42 Å². The summed E-state index contributed by atoms with van der Waals surface area (Å²) in [6.45, 7) is 17.9. The van der Waals surface area contributed by atoms with Crippen molar-refractivity contribution in [1.29, 1.82) is 0 Å². The van der Waals surface area contributed by atoms with Crippen molar-refractivity contribution in [1.82, 2.24) is 9.97 Å². The average molecular weight is 533 g/mol. The summed E-state index contributed by atoms with van der Waals surface area (Å²) in [6.07, 6.45) is 3.03. The van der Waals surface area contributed by atoms with Crippen LogP contribution in [0.2, 0.25) is 0 Å². The van der Waals surface area contributed by atoms with Gasteiger partial charge >= 0.3 is 0 Å². The minimum atomic E-state index is 0.00525. The normalized spacial score (nSPS) is 12.7. The average Bonchev–Trinajstić information content (AvgIpc) is 3.45. The van der Waals surface area contributed by atoms with E-state index in [4.69, 9.17) is 14.4 Å². The first-order chi connectivity index (χ1) is 18.4. The molecule has 39 heavy (non-hydrogen) atoms. The van der Waals surface area contributed by atoms with Crippen LogP contribution in [0.25, 0.3) is 54.5 Å². The Kier molecular flexibility index (Phi) is 5.96. The Balaban J connectivity index is 1.58. The molecule has 3 nitrogen and oxygen atoms in total. The smallest absolute Gasteiger partial charge is 0.144 e. The molecular formula is C35H36N2OS. The van der Waals surface area contributed by atoms with Crippen molar-refractivity contribution in [3.05, 3.63) is 82.5 Å². The van der Waals surface area contributed by atoms with Crippen molar-refractivity contribution >= 4 is 43.5 Å². The fraction of sp³-hybridized carbons (Fsp3) is 0.314. The van der Waals surface area contributed by atoms with E-state index < -0.39 is 0 Å². The number of fused-ring (bicyclic) bond motifs is 5. The van der Waals surface area contributed by atoms with Crippen LogP contribution in [-0.4, -0.2) is 9.97 Å². The lowest BCUT2D eigenvalue weighted by Crippen LogP contribution is -2.11. The van der Waals surface area contributed by atoms with Crippen molar-refractivity contribution in [2.24, 2.45) is 5.41 Å². The SMILES string of the molecule is Cc1cccc(C)c1-c1cnc(-c2cccc3c2oc2ccc4nc(C(C)(C)C)sc4c23)cc1CC(C)(C)C. The van der Waals surface area contributed by atoms with Gasteiger partial charge in [0.15, 0.2) is 0 Å². The highest BCUT2D eigenvalue weighted by Gasteiger charge is 2.23. The van der Waals surface area contributed by atoms with Gasteiger partial charge in [-0.05, 0) is 72.2 Å². The number of aryl methyl sites for hydroxylation is 2. The van der Waals surface area contributed by atoms with Gasteiger partial charge in [-0.2, -0.15) is 0 Å². The molecule has 0 amide bonds. The Morgan fingerprint density at radius 2 is 1.56 bits per heavy atom. The van der Waals surface area contributed by atoms with Crippen molar-refractivity contribution in [2.45, 2.75) is 67.2 Å². The first kappa shape index (κ1) is 25.8. The lowest BCUT2D eigenvalue weighted by atomic mass is 9.83. The summed E-state index contributed by atoms with van der Waals surface area (Å²) in [5.41, 5.74) is 11.3. The summed E-state index contributed by atoms with van der Waals surface area (Å²) >= 11 is 1.78. The van der Waals surface area contributed by atoms with Crippen LogP contribution in [-0.2, 0) is 11.8 Å². The highest BCUT2D eigenvalue weighted by atomic mass is 32.1. The monoisotopic (exact) mass is 532 g/mol. The van der Waals surface area contributed by atoms with E-state index in [1.54, 1.807) is 11.3 Å². The van der Waals surface area contributed by atoms with Gasteiger partial charge in [-0.3, -0.25) is 4.98 Å². The van der Waals surface area contributed by atoms with Crippen LogP contribution >= 0.6 is 11.3 Å². The quantitative estimate of drug-likeness (QED) is 0.227. The summed E-state index contributed by atoms with van der Waals surface area (Å²) in [6, 6.07) is 19.4. The third kappa shape index (κ3) is 4.55. The van der Waals surface area contributed by atoms with Gasteiger partial charge in [0, 0.05) is 33.5 Å². The first-order valence-corrected chi connectivity index (χ1v) is 14.5. The summed E-state index contributed by atoms with van der Waals surface area (Å²) in [5, 5.41) is 3.42. The van der Waals surface area contributed by atoms with Crippen molar-refractivity contribution in [2.75, 3.05) is 0 Å². The minimum Gasteiger partial charge on any atom is -0.455 e. The number of furan rings is 1. The minimum absolute atomic E-state index is 0.00525. The molecular weight excluding hydrogens is 496 g/mol. The van der Waals surface area contributed by atoms with Gasteiger partial charge in [-0.1, -0.05) is 71.9 Å². The van der Waals surface area contributed by atoms with Gasteiger partial charge in [0.1, 0.15) is 11.2 Å². The zero-order chi connectivity index (χ0) is 27.7. The van der Waals surface area contributed by atoms with Crippen LogP contribution in [0.15, 0.2) is 65.2 Å². The van der Waals surface area contributed by atoms with Gasteiger partial charge in [0.2, 0.25) is 0 Å². The van der Waals surface area contributed by atoms with Gasteiger partial charge in [0.25, 0.3) is 0 Å². The Labute approximate surface area is 234 Å². The van der Waals surface area contributed by atoms with Crippen LogP contribution in [0.1, 0.15) is 63.2 Å². The third-order valence-electron chi connectivity index (χ3n) is 7.39. The van der Waals surface area contributed by atoms with Crippen LogP contribution in [0, 0.1) is 19.3 Å². The number of hydrogen-bond donors (Lipinski definition) is 0. The first-order valence-electron chi connectivity index (χ1n) is 13.7. The molecule has 0 aliphatic rings. The standard InChI is InChI=1S/C35H36N2OS/c1-20-11-9-12-21(2)29(20)25-19-36-27(17-22(25)18-34(3,4)5)23-13-10-14-24-30-28(38-31(23)24)16-15-26-32(30)39-33(37-26)35(6,7)8/h9-17,19H,18H2,1-8H3. The van der Waals surface area contributed by atoms with Crippen LogP contribution in [0.5, 0.6) is 0 Å². The van der Waals surface area contributed by atoms with E-state index in [2.05, 4.69) is 116 Å². The molecule has 0 spiro atoms. The highest BCUT2D eigenvalue weighted by molar-refractivity contribution is 7.19. The molecule has 0 atom stereocenters. The van der Waals surface area contributed by atoms with Crippen molar-refractivity contribution in [3.63, 3.8) is 0 Å². The number of pyridine rings is 1. The van der Waals surface area contributed by atoms with Crippen LogP contribution in [0.3, 0.4) is 0 Å². The van der Waals surface area contributed by atoms with Crippen molar-refractivity contribution in [3.8, 4) is 22.4 Å². The van der Waals surface area contributed by atoms with Gasteiger partial charge in [-0.25, -0.2) is 4.98 Å². The largest absolute Gasteiger partial charge is 0.455 e. The molecule has 0 unspecified atom stereocenters. The fourth-order valence-electron chi connectivity index (χ4n) is 5.62. The van der Waals surface area contributed by atoms with E-state index in [0.29, 0.717) is 0 Å². The number of rotatable bonds is 3. The highest BCUT2D eigenvalue weighted by Crippen LogP contribution is 2.43. The van der Waals surface area contributed by atoms with E-state index in [9.17, 15) is 0 Å². The second-order valence-corrected chi connectivity index (χ2v) is 14.1. The predicted molar refractivity (Wildman–Crippen MR) is 167 cm³/mol.